The third-order valence-electron chi connectivity index (χ3n) is 4.55. The molecule has 0 radical (unpaired) electrons. The highest BCUT2D eigenvalue weighted by Crippen LogP contribution is 2.16. The van der Waals surface area contributed by atoms with Gasteiger partial charge in [0.2, 0.25) is 5.91 Å². The van der Waals surface area contributed by atoms with E-state index in [4.69, 9.17) is 4.74 Å². The summed E-state index contributed by atoms with van der Waals surface area (Å²) in [7, 11) is 0. The highest BCUT2D eigenvalue weighted by Gasteiger charge is 2.19. The van der Waals surface area contributed by atoms with Crippen LogP contribution in [0.3, 0.4) is 0 Å². The summed E-state index contributed by atoms with van der Waals surface area (Å²) in [5.41, 5.74) is 0. The van der Waals surface area contributed by atoms with Crippen LogP contribution in [0, 0.1) is 11.8 Å². The summed E-state index contributed by atoms with van der Waals surface area (Å²) < 4.78 is 5.60. The van der Waals surface area contributed by atoms with E-state index in [1.54, 1.807) is 0 Å². The van der Waals surface area contributed by atoms with Crippen molar-refractivity contribution in [3.05, 3.63) is 30.3 Å². The maximum Gasteiger partial charge on any atom is 0.226 e. The van der Waals surface area contributed by atoms with Crippen LogP contribution >= 0.6 is 0 Å². The van der Waals surface area contributed by atoms with Gasteiger partial charge in [0.05, 0.1) is 18.6 Å². The third-order valence-corrected chi connectivity index (χ3v) is 4.55. The van der Waals surface area contributed by atoms with Gasteiger partial charge in [-0.2, -0.15) is 0 Å². The van der Waals surface area contributed by atoms with Gasteiger partial charge in [-0.3, -0.25) is 4.79 Å². The van der Waals surface area contributed by atoms with Gasteiger partial charge in [-0.1, -0.05) is 32.0 Å². The van der Waals surface area contributed by atoms with Crippen molar-refractivity contribution in [2.24, 2.45) is 11.8 Å². The molecule has 0 aliphatic carbocycles. The fraction of sp³-hybridized carbons (Fsp3) is 0.632. The predicted molar refractivity (Wildman–Crippen MR) is 95.0 cm³/mol. The number of hydrogen-bond acceptors (Lipinski definition) is 4. The SMILES string of the molecule is CC1CCN(CC(O)CNC(=O)C(C)COc2ccccc2)CC1. The molecular weight excluding hydrogens is 304 g/mol. The van der Waals surface area contributed by atoms with Crippen LogP contribution in [0.5, 0.6) is 5.75 Å². The Morgan fingerprint density at radius 2 is 2.00 bits per heavy atom. The summed E-state index contributed by atoms with van der Waals surface area (Å²) in [4.78, 5) is 14.4. The summed E-state index contributed by atoms with van der Waals surface area (Å²) in [6.07, 6.45) is 1.85. The van der Waals surface area contributed by atoms with Crippen molar-refractivity contribution in [1.82, 2.24) is 10.2 Å². The Morgan fingerprint density at radius 3 is 2.67 bits per heavy atom. The van der Waals surface area contributed by atoms with Crippen LogP contribution in [-0.2, 0) is 4.79 Å². The molecule has 1 aliphatic rings. The average molecular weight is 334 g/mol. The topological polar surface area (TPSA) is 61.8 Å². The molecule has 1 saturated heterocycles. The van der Waals surface area contributed by atoms with E-state index in [1.165, 1.54) is 12.8 Å². The maximum atomic E-state index is 12.1. The lowest BCUT2D eigenvalue weighted by atomic mass is 9.99. The summed E-state index contributed by atoms with van der Waals surface area (Å²) in [6.45, 7) is 7.42. The predicted octanol–water partition coefficient (Wildman–Crippen LogP) is 1.91. The Labute approximate surface area is 145 Å². The molecule has 2 rings (SSSR count). The van der Waals surface area contributed by atoms with Gasteiger partial charge in [0.25, 0.3) is 0 Å². The highest BCUT2D eigenvalue weighted by molar-refractivity contribution is 5.78. The molecule has 2 unspecified atom stereocenters. The van der Waals surface area contributed by atoms with E-state index in [2.05, 4.69) is 17.1 Å². The van der Waals surface area contributed by atoms with Crippen molar-refractivity contribution in [1.29, 1.82) is 0 Å². The van der Waals surface area contributed by atoms with Crippen LogP contribution in [0.15, 0.2) is 30.3 Å². The minimum Gasteiger partial charge on any atom is -0.493 e. The molecule has 5 heteroatoms. The molecule has 1 aliphatic heterocycles. The zero-order chi connectivity index (χ0) is 17.4. The molecule has 24 heavy (non-hydrogen) atoms. The van der Waals surface area contributed by atoms with Gasteiger partial charge in [-0.15, -0.1) is 0 Å². The number of carbonyl (C=O) groups excluding carboxylic acids is 1. The second kappa shape index (κ2) is 9.64. The zero-order valence-electron chi connectivity index (χ0n) is 14.8. The lowest BCUT2D eigenvalue weighted by molar-refractivity contribution is -0.125. The minimum absolute atomic E-state index is 0.0859. The van der Waals surface area contributed by atoms with Crippen LogP contribution in [0.1, 0.15) is 26.7 Å². The van der Waals surface area contributed by atoms with Crippen LogP contribution in [0.4, 0.5) is 0 Å². The second-order valence-corrected chi connectivity index (χ2v) is 6.91. The number of rotatable bonds is 8. The molecule has 1 aromatic carbocycles. The van der Waals surface area contributed by atoms with Gasteiger partial charge < -0.3 is 20.1 Å². The molecule has 0 saturated carbocycles. The zero-order valence-corrected chi connectivity index (χ0v) is 14.8. The van der Waals surface area contributed by atoms with Gasteiger partial charge in [-0.05, 0) is 44.0 Å². The van der Waals surface area contributed by atoms with E-state index < -0.39 is 6.10 Å². The van der Waals surface area contributed by atoms with Crippen LogP contribution in [-0.4, -0.2) is 54.8 Å². The van der Waals surface area contributed by atoms with Crippen molar-refractivity contribution in [2.45, 2.75) is 32.8 Å². The minimum atomic E-state index is -0.524. The number of β-amino-alcohol motifs (C(OH)–C–C–N with tert-alkyl or cyclic N) is 1. The Kier molecular flexibility index (Phi) is 7.53. The molecule has 0 aromatic heterocycles. The van der Waals surface area contributed by atoms with E-state index in [9.17, 15) is 9.90 Å². The van der Waals surface area contributed by atoms with Crippen LogP contribution in [0.25, 0.3) is 0 Å². The number of carbonyl (C=O) groups is 1. The number of likely N-dealkylation sites (tertiary alicyclic amines) is 1. The first-order chi connectivity index (χ1) is 11.5. The largest absolute Gasteiger partial charge is 0.493 e. The number of amides is 1. The summed E-state index contributed by atoms with van der Waals surface area (Å²) in [5, 5.41) is 12.9. The Bertz CT molecular complexity index is 487. The molecule has 134 valence electrons. The standard InChI is InChI=1S/C19H30N2O3/c1-15-8-10-21(11-9-15)13-17(22)12-20-19(23)16(2)14-24-18-6-4-3-5-7-18/h3-7,15-17,22H,8-14H2,1-2H3,(H,20,23). The van der Waals surface area contributed by atoms with Crippen LogP contribution in [0.2, 0.25) is 0 Å². The number of benzene rings is 1. The van der Waals surface area contributed by atoms with Crippen molar-refractivity contribution >= 4 is 5.91 Å². The van der Waals surface area contributed by atoms with Gasteiger partial charge >= 0.3 is 0 Å². The number of piperidine rings is 1. The molecule has 1 amide bonds. The van der Waals surface area contributed by atoms with Crippen molar-refractivity contribution in [3.8, 4) is 5.75 Å². The number of aliphatic hydroxyl groups is 1. The van der Waals surface area contributed by atoms with Gasteiger partial charge in [0.15, 0.2) is 0 Å². The summed E-state index contributed by atoms with van der Waals surface area (Å²) >= 11 is 0. The number of nitrogens with zero attached hydrogens (tertiary/aromatic N) is 1. The summed E-state index contributed by atoms with van der Waals surface area (Å²) in [5.74, 6) is 1.20. The van der Waals surface area contributed by atoms with E-state index in [0.717, 1.165) is 24.8 Å². The van der Waals surface area contributed by atoms with E-state index in [1.807, 2.05) is 37.3 Å². The summed E-state index contributed by atoms with van der Waals surface area (Å²) in [6, 6.07) is 9.46. The molecule has 0 bridgehead atoms. The Balaban J connectivity index is 1.62. The van der Waals surface area contributed by atoms with Crippen molar-refractivity contribution in [3.63, 3.8) is 0 Å². The van der Waals surface area contributed by atoms with Crippen LogP contribution < -0.4 is 10.1 Å². The fourth-order valence-corrected chi connectivity index (χ4v) is 2.81. The molecule has 0 spiro atoms. The lowest BCUT2D eigenvalue weighted by Crippen LogP contribution is -2.44. The first-order valence-electron chi connectivity index (χ1n) is 8.90. The van der Waals surface area contributed by atoms with Gasteiger partial charge in [0.1, 0.15) is 5.75 Å². The number of ether oxygens (including phenoxy) is 1. The van der Waals surface area contributed by atoms with Crippen molar-refractivity contribution in [2.75, 3.05) is 32.8 Å². The average Bonchev–Trinajstić information content (AvgIpc) is 2.60. The van der Waals surface area contributed by atoms with E-state index >= 15 is 0 Å². The second-order valence-electron chi connectivity index (χ2n) is 6.91. The Hall–Kier alpha value is -1.59. The first kappa shape index (κ1) is 18.7. The molecule has 2 atom stereocenters. The molecule has 1 aromatic rings. The molecule has 1 fully saturated rings. The number of hydrogen-bond donors (Lipinski definition) is 2. The monoisotopic (exact) mass is 334 g/mol. The first-order valence-corrected chi connectivity index (χ1v) is 8.90. The molecule has 5 nitrogen and oxygen atoms in total. The third kappa shape index (κ3) is 6.49. The number of nitrogens with one attached hydrogen (secondary N) is 1. The quantitative estimate of drug-likeness (QED) is 0.762. The fourth-order valence-electron chi connectivity index (χ4n) is 2.81. The lowest BCUT2D eigenvalue weighted by Gasteiger charge is -2.31. The van der Waals surface area contributed by atoms with Crippen molar-refractivity contribution < 1.29 is 14.6 Å². The van der Waals surface area contributed by atoms with Gasteiger partial charge in [0, 0.05) is 13.1 Å². The van der Waals surface area contributed by atoms with E-state index in [0.29, 0.717) is 19.7 Å². The molecular formula is C19H30N2O3. The smallest absolute Gasteiger partial charge is 0.226 e. The molecule has 1 heterocycles. The highest BCUT2D eigenvalue weighted by atomic mass is 16.5. The van der Waals surface area contributed by atoms with E-state index in [-0.39, 0.29) is 11.8 Å². The maximum absolute atomic E-state index is 12.1. The number of para-hydroxylation sites is 1. The molecule has 2 N–H and O–H groups in total. The Morgan fingerprint density at radius 1 is 1.33 bits per heavy atom. The van der Waals surface area contributed by atoms with Gasteiger partial charge in [-0.25, -0.2) is 0 Å². The normalized spacial score (nSPS) is 18.8. The number of aliphatic hydroxyl groups excluding tert-OH is 1.